The molecule has 1 aliphatic carbocycles. The highest BCUT2D eigenvalue weighted by Gasteiger charge is 2.36. The Morgan fingerprint density at radius 3 is 2.86 bits per heavy atom. The lowest BCUT2D eigenvalue weighted by atomic mass is 9.81. The van der Waals surface area contributed by atoms with Crippen LogP contribution in [0.15, 0.2) is 0 Å². The predicted molar refractivity (Wildman–Crippen MR) is 54.1 cm³/mol. The third kappa shape index (κ3) is 3.20. The molecule has 0 saturated heterocycles. The largest absolute Gasteiger partial charge is 0.386 e. The summed E-state index contributed by atoms with van der Waals surface area (Å²) in [5.41, 5.74) is 5.05. The first kappa shape index (κ1) is 11.9. The summed E-state index contributed by atoms with van der Waals surface area (Å²) in [6.45, 7) is 1.41. The predicted octanol–water partition coefficient (Wildman–Crippen LogP) is 0.282. The molecule has 0 aromatic heterocycles. The first-order chi connectivity index (χ1) is 6.69. The fourth-order valence-electron chi connectivity index (χ4n) is 1.82. The van der Waals surface area contributed by atoms with Gasteiger partial charge in [-0.25, -0.2) is 0 Å². The van der Waals surface area contributed by atoms with E-state index in [9.17, 15) is 5.11 Å². The summed E-state index contributed by atoms with van der Waals surface area (Å²) in [5.74, 6) is 0. The molecule has 4 heteroatoms. The molecule has 0 bridgehead atoms. The Morgan fingerprint density at radius 1 is 1.43 bits per heavy atom. The Labute approximate surface area is 85.4 Å². The summed E-state index contributed by atoms with van der Waals surface area (Å²) in [5, 5.41) is 10.1. The molecule has 2 atom stereocenters. The summed E-state index contributed by atoms with van der Waals surface area (Å²) in [7, 11) is 1.63. The van der Waals surface area contributed by atoms with E-state index in [0.717, 1.165) is 25.7 Å². The lowest BCUT2D eigenvalue weighted by Crippen LogP contribution is -2.53. The zero-order chi connectivity index (χ0) is 10.4. The molecule has 1 fully saturated rings. The third-order valence-corrected chi connectivity index (χ3v) is 2.85. The van der Waals surface area contributed by atoms with E-state index in [-0.39, 0.29) is 6.04 Å². The molecule has 2 unspecified atom stereocenters. The molecule has 4 nitrogen and oxygen atoms in total. The van der Waals surface area contributed by atoms with E-state index in [1.165, 1.54) is 0 Å². The van der Waals surface area contributed by atoms with Crippen molar-refractivity contribution in [2.24, 2.45) is 5.73 Å². The lowest BCUT2D eigenvalue weighted by molar-refractivity contribution is -0.0859. The van der Waals surface area contributed by atoms with E-state index < -0.39 is 5.60 Å². The molecule has 0 aliphatic heterocycles. The normalized spacial score (nSPS) is 33.2. The topological polar surface area (TPSA) is 64.7 Å². The standard InChI is InChI=1S/C10H21NO3/c1-13-6-7-14-8-10(12)5-3-2-4-9(10)11/h9,12H,2-8,11H2,1H3. The van der Waals surface area contributed by atoms with E-state index in [2.05, 4.69) is 0 Å². The summed E-state index contributed by atoms with van der Waals surface area (Å²) < 4.78 is 10.2. The molecule has 1 saturated carbocycles. The Bertz CT molecular complexity index is 165. The quantitative estimate of drug-likeness (QED) is 0.630. The van der Waals surface area contributed by atoms with Gasteiger partial charge in [0.05, 0.1) is 19.8 Å². The molecular formula is C10H21NO3. The van der Waals surface area contributed by atoms with Crippen LogP contribution < -0.4 is 5.73 Å². The van der Waals surface area contributed by atoms with Crippen molar-refractivity contribution >= 4 is 0 Å². The van der Waals surface area contributed by atoms with Crippen LogP contribution in [-0.4, -0.2) is 43.7 Å². The first-order valence-electron chi connectivity index (χ1n) is 5.24. The van der Waals surface area contributed by atoms with Crippen LogP contribution in [0.25, 0.3) is 0 Å². The van der Waals surface area contributed by atoms with E-state index in [4.69, 9.17) is 15.2 Å². The van der Waals surface area contributed by atoms with Gasteiger partial charge in [-0.3, -0.25) is 0 Å². The van der Waals surface area contributed by atoms with E-state index in [1.807, 2.05) is 0 Å². The lowest BCUT2D eigenvalue weighted by Gasteiger charge is -2.37. The second kappa shape index (κ2) is 5.66. The Balaban J connectivity index is 2.25. The van der Waals surface area contributed by atoms with Crippen LogP contribution in [0.1, 0.15) is 25.7 Å². The van der Waals surface area contributed by atoms with Gasteiger partial charge in [0.2, 0.25) is 0 Å². The van der Waals surface area contributed by atoms with Crippen molar-refractivity contribution in [3.63, 3.8) is 0 Å². The maximum Gasteiger partial charge on any atom is 0.103 e. The minimum atomic E-state index is -0.814. The fraction of sp³-hybridized carbons (Fsp3) is 1.00. The maximum atomic E-state index is 10.1. The van der Waals surface area contributed by atoms with Crippen LogP contribution in [0.4, 0.5) is 0 Å². The number of hydrogen-bond acceptors (Lipinski definition) is 4. The van der Waals surface area contributed by atoms with Gasteiger partial charge in [-0.05, 0) is 12.8 Å². The Kier molecular flexibility index (Phi) is 4.81. The molecule has 3 N–H and O–H groups in total. The highest BCUT2D eigenvalue weighted by atomic mass is 16.5. The average molecular weight is 203 g/mol. The minimum Gasteiger partial charge on any atom is -0.386 e. The van der Waals surface area contributed by atoms with Crippen molar-refractivity contribution in [1.82, 2.24) is 0 Å². The van der Waals surface area contributed by atoms with Crippen LogP contribution in [-0.2, 0) is 9.47 Å². The van der Waals surface area contributed by atoms with E-state index >= 15 is 0 Å². The monoisotopic (exact) mass is 203 g/mol. The Morgan fingerprint density at radius 2 is 2.21 bits per heavy atom. The minimum absolute atomic E-state index is 0.140. The van der Waals surface area contributed by atoms with E-state index in [0.29, 0.717) is 19.8 Å². The maximum absolute atomic E-state index is 10.1. The molecular weight excluding hydrogens is 182 g/mol. The summed E-state index contributed by atoms with van der Waals surface area (Å²) >= 11 is 0. The SMILES string of the molecule is COCCOCC1(O)CCCCC1N. The van der Waals surface area contributed by atoms with Crippen LogP contribution in [0.3, 0.4) is 0 Å². The number of rotatable bonds is 5. The molecule has 0 amide bonds. The molecule has 14 heavy (non-hydrogen) atoms. The molecule has 0 spiro atoms. The molecule has 1 aliphatic rings. The average Bonchev–Trinajstić information content (AvgIpc) is 2.18. The van der Waals surface area contributed by atoms with Gasteiger partial charge in [-0.2, -0.15) is 0 Å². The molecule has 1 rings (SSSR count). The number of methoxy groups -OCH3 is 1. The van der Waals surface area contributed by atoms with Crippen LogP contribution in [0.2, 0.25) is 0 Å². The highest BCUT2D eigenvalue weighted by Crippen LogP contribution is 2.27. The number of aliphatic hydroxyl groups is 1. The second-order valence-electron chi connectivity index (χ2n) is 4.00. The van der Waals surface area contributed by atoms with Crippen molar-refractivity contribution < 1.29 is 14.6 Å². The number of nitrogens with two attached hydrogens (primary N) is 1. The van der Waals surface area contributed by atoms with Gasteiger partial charge in [0.1, 0.15) is 5.60 Å². The molecule has 0 radical (unpaired) electrons. The summed E-state index contributed by atoms with van der Waals surface area (Å²) in [6, 6.07) is -0.140. The van der Waals surface area contributed by atoms with Crippen molar-refractivity contribution in [3.8, 4) is 0 Å². The molecule has 0 heterocycles. The Hall–Kier alpha value is -0.160. The van der Waals surface area contributed by atoms with Crippen LogP contribution in [0.5, 0.6) is 0 Å². The van der Waals surface area contributed by atoms with Gasteiger partial charge >= 0.3 is 0 Å². The van der Waals surface area contributed by atoms with E-state index in [1.54, 1.807) is 7.11 Å². The van der Waals surface area contributed by atoms with Crippen molar-refractivity contribution in [2.45, 2.75) is 37.3 Å². The van der Waals surface area contributed by atoms with Crippen molar-refractivity contribution in [2.75, 3.05) is 26.9 Å². The smallest absolute Gasteiger partial charge is 0.103 e. The van der Waals surface area contributed by atoms with Crippen molar-refractivity contribution in [1.29, 1.82) is 0 Å². The highest BCUT2D eigenvalue weighted by molar-refractivity contribution is 4.92. The first-order valence-corrected chi connectivity index (χ1v) is 5.24. The zero-order valence-electron chi connectivity index (χ0n) is 8.87. The third-order valence-electron chi connectivity index (χ3n) is 2.85. The van der Waals surface area contributed by atoms with Gasteiger partial charge < -0.3 is 20.3 Å². The summed E-state index contributed by atoms with van der Waals surface area (Å²) in [4.78, 5) is 0. The fourth-order valence-corrected chi connectivity index (χ4v) is 1.82. The van der Waals surface area contributed by atoms with Gasteiger partial charge in [0, 0.05) is 13.2 Å². The van der Waals surface area contributed by atoms with Gasteiger partial charge in [-0.1, -0.05) is 12.8 Å². The van der Waals surface area contributed by atoms with Gasteiger partial charge in [-0.15, -0.1) is 0 Å². The van der Waals surface area contributed by atoms with Crippen LogP contribution in [0, 0.1) is 0 Å². The van der Waals surface area contributed by atoms with Gasteiger partial charge in [0.25, 0.3) is 0 Å². The zero-order valence-corrected chi connectivity index (χ0v) is 8.87. The van der Waals surface area contributed by atoms with Crippen LogP contribution >= 0.6 is 0 Å². The second-order valence-corrected chi connectivity index (χ2v) is 4.00. The van der Waals surface area contributed by atoms with Crippen molar-refractivity contribution in [3.05, 3.63) is 0 Å². The number of hydrogen-bond donors (Lipinski definition) is 2. The molecule has 0 aromatic carbocycles. The molecule has 84 valence electrons. The van der Waals surface area contributed by atoms with Gasteiger partial charge in [0.15, 0.2) is 0 Å². The molecule has 0 aromatic rings. The summed E-state index contributed by atoms with van der Waals surface area (Å²) in [6.07, 6.45) is 3.80. The number of ether oxygens (including phenoxy) is 2.